The molecule has 5 heteroatoms. The van der Waals surface area contributed by atoms with Gasteiger partial charge in [-0.05, 0) is 13.8 Å². The molecule has 0 aromatic carbocycles. The molecule has 1 saturated heterocycles. The Morgan fingerprint density at radius 3 is 2.36 bits per heavy atom. The van der Waals surface area contributed by atoms with Crippen LogP contribution in [0.2, 0.25) is 0 Å². The first-order chi connectivity index (χ1) is 4.93. The van der Waals surface area contributed by atoms with E-state index in [-0.39, 0.29) is 12.6 Å². The Morgan fingerprint density at radius 2 is 2.18 bits per heavy atom. The smallest absolute Gasteiger partial charge is 0.295 e. The molecule has 0 bridgehead atoms. The first kappa shape index (κ1) is 8.45. The van der Waals surface area contributed by atoms with Crippen molar-refractivity contribution in [3.63, 3.8) is 0 Å². The Hall–Kier alpha value is -0.650. The molecule has 0 aromatic heterocycles. The highest BCUT2D eigenvalue weighted by molar-refractivity contribution is 5.84. The van der Waals surface area contributed by atoms with E-state index in [1.165, 1.54) is 5.01 Å². The molecule has 1 aliphatic rings. The number of hydrogen-bond acceptors (Lipinski definition) is 4. The van der Waals surface area contributed by atoms with Gasteiger partial charge in [-0.3, -0.25) is 10.2 Å². The summed E-state index contributed by atoms with van der Waals surface area (Å²) in [4.78, 5) is 10.8. The molecule has 5 nitrogen and oxygen atoms in total. The lowest BCUT2D eigenvalue weighted by Crippen LogP contribution is -2.39. The van der Waals surface area contributed by atoms with Crippen molar-refractivity contribution < 1.29 is 15.0 Å². The molecule has 1 heterocycles. The number of amides is 1. The lowest BCUT2D eigenvalue weighted by atomic mass is 10.3. The summed E-state index contributed by atoms with van der Waals surface area (Å²) in [6.07, 6.45) is 0. The number of aliphatic hydroxyl groups is 2. The van der Waals surface area contributed by atoms with Gasteiger partial charge in [0.2, 0.25) is 0 Å². The van der Waals surface area contributed by atoms with Crippen molar-refractivity contribution in [1.29, 1.82) is 0 Å². The molecule has 11 heavy (non-hydrogen) atoms. The zero-order valence-corrected chi connectivity index (χ0v) is 6.53. The van der Waals surface area contributed by atoms with Gasteiger partial charge in [0.15, 0.2) is 0 Å². The zero-order valence-electron chi connectivity index (χ0n) is 6.53. The average Bonchev–Trinajstić information content (AvgIpc) is 2.08. The van der Waals surface area contributed by atoms with E-state index in [0.717, 1.165) is 0 Å². The molecule has 0 aromatic rings. The lowest BCUT2D eigenvalue weighted by Gasteiger charge is -2.18. The molecular weight excluding hydrogens is 148 g/mol. The maximum absolute atomic E-state index is 10.8. The van der Waals surface area contributed by atoms with E-state index in [1.54, 1.807) is 0 Å². The molecule has 0 saturated carbocycles. The van der Waals surface area contributed by atoms with Crippen LogP contribution < -0.4 is 5.43 Å². The largest absolute Gasteiger partial charge is 0.357 e. The third kappa shape index (κ3) is 1.50. The van der Waals surface area contributed by atoms with Gasteiger partial charge in [-0.25, -0.2) is 5.01 Å². The second-order valence-electron chi connectivity index (χ2n) is 2.98. The minimum atomic E-state index is -2.22. The first-order valence-electron chi connectivity index (χ1n) is 3.46. The Morgan fingerprint density at radius 1 is 1.64 bits per heavy atom. The second-order valence-corrected chi connectivity index (χ2v) is 2.98. The molecule has 0 unspecified atom stereocenters. The summed E-state index contributed by atoms with van der Waals surface area (Å²) in [5, 5.41) is 19.4. The van der Waals surface area contributed by atoms with E-state index in [4.69, 9.17) is 10.2 Å². The summed E-state index contributed by atoms with van der Waals surface area (Å²) >= 11 is 0. The Bertz CT molecular complexity index is 179. The summed E-state index contributed by atoms with van der Waals surface area (Å²) in [5.41, 5.74) is 2.34. The van der Waals surface area contributed by atoms with Crippen LogP contribution in [-0.2, 0) is 4.79 Å². The molecule has 3 N–H and O–H groups in total. The summed E-state index contributed by atoms with van der Waals surface area (Å²) in [6.45, 7) is 3.62. The highest BCUT2D eigenvalue weighted by Crippen LogP contribution is 2.11. The van der Waals surface area contributed by atoms with Crippen molar-refractivity contribution in [3.8, 4) is 0 Å². The molecule has 0 atom stereocenters. The highest BCUT2D eigenvalue weighted by Gasteiger charge is 2.43. The fourth-order valence-corrected chi connectivity index (χ4v) is 0.880. The quantitative estimate of drug-likeness (QED) is 0.405. The van der Waals surface area contributed by atoms with E-state index in [9.17, 15) is 4.79 Å². The first-order valence-corrected chi connectivity index (χ1v) is 3.46. The minimum absolute atomic E-state index is 0.0696. The molecule has 1 fully saturated rings. The van der Waals surface area contributed by atoms with Crippen LogP contribution in [0, 0.1) is 0 Å². The SMILES string of the molecule is CC(C)N1CC(O)(O)C(=O)N1. The molecular formula is C6H12N2O3. The van der Waals surface area contributed by atoms with Gasteiger partial charge < -0.3 is 10.2 Å². The Labute approximate surface area is 64.6 Å². The van der Waals surface area contributed by atoms with Gasteiger partial charge in [-0.2, -0.15) is 0 Å². The van der Waals surface area contributed by atoms with Crippen LogP contribution in [0.3, 0.4) is 0 Å². The molecule has 64 valence electrons. The van der Waals surface area contributed by atoms with Crippen molar-refractivity contribution >= 4 is 5.91 Å². The topological polar surface area (TPSA) is 72.8 Å². The average molecular weight is 160 g/mol. The van der Waals surface area contributed by atoms with E-state index in [0.29, 0.717) is 0 Å². The predicted octanol–water partition coefficient (Wildman–Crippen LogP) is -1.58. The molecule has 0 radical (unpaired) electrons. The van der Waals surface area contributed by atoms with Crippen LogP contribution in [-0.4, -0.2) is 39.5 Å². The second kappa shape index (κ2) is 2.44. The van der Waals surface area contributed by atoms with Gasteiger partial charge in [-0.1, -0.05) is 0 Å². The summed E-state index contributed by atoms with van der Waals surface area (Å²) in [7, 11) is 0. The van der Waals surface area contributed by atoms with Crippen molar-refractivity contribution in [2.45, 2.75) is 25.7 Å². The van der Waals surface area contributed by atoms with Gasteiger partial charge >= 0.3 is 0 Å². The van der Waals surface area contributed by atoms with Gasteiger partial charge in [0.25, 0.3) is 11.7 Å². The highest BCUT2D eigenvalue weighted by atomic mass is 16.5. The summed E-state index contributed by atoms with van der Waals surface area (Å²) < 4.78 is 0. The number of rotatable bonds is 1. The fraction of sp³-hybridized carbons (Fsp3) is 0.833. The molecule has 1 amide bonds. The third-order valence-corrected chi connectivity index (χ3v) is 1.62. The van der Waals surface area contributed by atoms with Crippen LogP contribution >= 0.6 is 0 Å². The number of carbonyl (C=O) groups is 1. The van der Waals surface area contributed by atoms with Crippen molar-refractivity contribution in [1.82, 2.24) is 10.4 Å². The maximum atomic E-state index is 10.8. The number of carbonyl (C=O) groups excluding carboxylic acids is 1. The van der Waals surface area contributed by atoms with Crippen LogP contribution in [0.1, 0.15) is 13.8 Å². The Kier molecular flexibility index (Phi) is 1.87. The minimum Gasteiger partial charge on any atom is -0.357 e. The normalized spacial score (nSPS) is 24.3. The summed E-state index contributed by atoms with van der Waals surface area (Å²) in [6, 6.07) is 0.0696. The van der Waals surface area contributed by atoms with Gasteiger partial charge in [0.05, 0.1) is 6.54 Å². The zero-order chi connectivity index (χ0) is 8.65. The number of hydrazine groups is 1. The maximum Gasteiger partial charge on any atom is 0.295 e. The van der Waals surface area contributed by atoms with Gasteiger partial charge in [0.1, 0.15) is 0 Å². The molecule has 0 spiro atoms. The van der Waals surface area contributed by atoms with Gasteiger partial charge in [-0.15, -0.1) is 0 Å². The van der Waals surface area contributed by atoms with Gasteiger partial charge in [0, 0.05) is 6.04 Å². The molecule has 0 aliphatic carbocycles. The van der Waals surface area contributed by atoms with Crippen LogP contribution in [0.5, 0.6) is 0 Å². The molecule has 1 aliphatic heterocycles. The van der Waals surface area contributed by atoms with Crippen LogP contribution in [0.15, 0.2) is 0 Å². The van der Waals surface area contributed by atoms with E-state index in [1.807, 2.05) is 13.8 Å². The van der Waals surface area contributed by atoms with E-state index < -0.39 is 11.7 Å². The lowest BCUT2D eigenvalue weighted by molar-refractivity contribution is -0.173. The van der Waals surface area contributed by atoms with E-state index >= 15 is 0 Å². The number of β-amino-alcohol motifs (C(OH)–C–C–N with tert-alkyl or cyclic N) is 2. The Balaban J connectivity index is 2.65. The van der Waals surface area contributed by atoms with Crippen molar-refractivity contribution in [2.75, 3.05) is 6.54 Å². The predicted molar refractivity (Wildman–Crippen MR) is 37.2 cm³/mol. The standard InChI is InChI=1S/C6H12N2O3/c1-4(2)8-3-6(10,11)5(9)7-8/h4,10-11H,3H2,1-2H3,(H,7,9). The third-order valence-electron chi connectivity index (χ3n) is 1.62. The number of nitrogens with zero attached hydrogens (tertiary/aromatic N) is 1. The van der Waals surface area contributed by atoms with Crippen molar-refractivity contribution in [2.24, 2.45) is 0 Å². The number of hydrogen-bond donors (Lipinski definition) is 3. The van der Waals surface area contributed by atoms with Crippen molar-refractivity contribution in [3.05, 3.63) is 0 Å². The van der Waals surface area contributed by atoms with E-state index in [2.05, 4.69) is 5.43 Å². The van der Waals surface area contributed by atoms with Crippen LogP contribution in [0.4, 0.5) is 0 Å². The molecule has 1 rings (SSSR count). The van der Waals surface area contributed by atoms with Crippen LogP contribution in [0.25, 0.3) is 0 Å². The monoisotopic (exact) mass is 160 g/mol. The fourth-order valence-electron chi connectivity index (χ4n) is 0.880. The summed E-state index contributed by atoms with van der Waals surface area (Å²) in [5.74, 6) is -2.98. The number of nitrogens with one attached hydrogen (secondary N) is 1.